The predicted molar refractivity (Wildman–Crippen MR) is 143 cm³/mol. The largest absolute Gasteiger partial charge is 0.438 e. The molecule has 12 heteroatoms. The molecule has 0 spiro atoms. The van der Waals surface area contributed by atoms with Crippen molar-refractivity contribution >= 4 is 16.8 Å². The van der Waals surface area contributed by atoms with Crippen molar-refractivity contribution < 1.29 is 21.9 Å². The van der Waals surface area contributed by atoms with Gasteiger partial charge in [0.1, 0.15) is 17.4 Å². The van der Waals surface area contributed by atoms with E-state index in [-0.39, 0.29) is 17.7 Å². The summed E-state index contributed by atoms with van der Waals surface area (Å²) >= 11 is 0. The van der Waals surface area contributed by atoms with E-state index in [0.29, 0.717) is 22.8 Å². The maximum absolute atomic E-state index is 15.3. The van der Waals surface area contributed by atoms with Gasteiger partial charge in [-0.15, -0.1) is 0 Å². The van der Waals surface area contributed by atoms with Crippen LogP contribution in [0.15, 0.2) is 73.1 Å². The minimum atomic E-state index is -3.14. The van der Waals surface area contributed by atoms with Crippen molar-refractivity contribution in [3.05, 3.63) is 95.8 Å². The first-order valence-corrected chi connectivity index (χ1v) is 13.5. The molecule has 0 saturated carbocycles. The van der Waals surface area contributed by atoms with Gasteiger partial charge in [-0.25, -0.2) is 36.9 Å². The van der Waals surface area contributed by atoms with Crippen LogP contribution in [-0.4, -0.2) is 42.5 Å². The number of hydrogen-bond acceptors (Lipinski definition) is 8. The Hall–Kier alpha value is -4.00. The van der Waals surface area contributed by atoms with Crippen molar-refractivity contribution in [3.63, 3.8) is 0 Å². The Morgan fingerprint density at radius 2 is 1.79 bits per heavy atom. The van der Waals surface area contributed by atoms with Crippen LogP contribution in [0, 0.1) is 11.6 Å². The fourth-order valence-electron chi connectivity index (χ4n) is 4.47. The number of pyridine rings is 1. The van der Waals surface area contributed by atoms with Gasteiger partial charge in [-0.3, -0.25) is 0 Å². The Morgan fingerprint density at radius 3 is 2.51 bits per heavy atom. The summed E-state index contributed by atoms with van der Waals surface area (Å²) in [7, 11) is -3.14. The molecule has 5 rings (SSSR count). The van der Waals surface area contributed by atoms with Crippen molar-refractivity contribution in [1.82, 2.24) is 25.0 Å². The van der Waals surface area contributed by atoms with E-state index in [4.69, 9.17) is 4.74 Å². The molecule has 3 heterocycles. The molecule has 1 fully saturated rings. The zero-order valence-electron chi connectivity index (χ0n) is 20.7. The van der Waals surface area contributed by atoms with Crippen LogP contribution in [0.5, 0.6) is 11.6 Å². The second-order valence-corrected chi connectivity index (χ2v) is 9.71. The van der Waals surface area contributed by atoms with Gasteiger partial charge < -0.3 is 15.4 Å². The third kappa shape index (κ3) is 6.53. The lowest BCUT2D eigenvalue weighted by Gasteiger charge is -2.23. The Kier molecular flexibility index (Phi) is 8.35. The first kappa shape index (κ1) is 26.6. The van der Waals surface area contributed by atoms with Gasteiger partial charge in [-0.1, -0.05) is 30.3 Å². The minimum absolute atomic E-state index is 0.0911. The zero-order chi connectivity index (χ0) is 27.2. The Morgan fingerprint density at radius 1 is 1.00 bits per heavy atom. The molecule has 2 aromatic heterocycles. The molecule has 2 atom stereocenters. The van der Waals surface area contributed by atoms with Gasteiger partial charge in [0.05, 0.1) is 17.3 Å². The number of benzene rings is 2. The molecule has 0 bridgehead atoms. The molecule has 2 aromatic carbocycles. The van der Waals surface area contributed by atoms with E-state index >= 15 is 8.78 Å². The van der Waals surface area contributed by atoms with Crippen molar-refractivity contribution in [1.29, 1.82) is 0 Å². The molecule has 4 aromatic rings. The Labute approximate surface area is 225 Å². The molecule has 1 aliphatic rings. The van der Waals surface area contributed by atoms with Gasteiger partial charge in [0.25, 0.3) is 0 Å². The van der Waals surface area contributed by atoms with Crippen LogP contribution in [0.1, 0.15) is 30.0 Å². The average Bonchev–Trinajstić information content (AvgIpc) is 2.93. The molecule has 0 unspecified atom stereocenters. The van der Waals surface area contributed by atoms with E-state index in [2.05, 4.69) is 30.3 Å². The number of rotatable bonds is 9. The van der Waals surface area contributed by atoms with Crippen LogP contribution in [0.3, 0.4) is 0 Å². The standard InChI is InChI=1S/C27H26F2N6O3S/c28-21-14-19(15-22(29)24(21)25(35-39(36)37)17-6-2-1-3-7-17)38-26-20(9-5-12-31-26)23-10-13-32-27(34-23)33-18-8-4-11-30-16-18/h1-3,5-7,9-10,12-15,18,25,30,39H,4,8,11,16H2,(H,32,33,34)(H,35,36,37)/t18-,25-/m0/s1. The number of thiol groups is 1. The monoisotopic (exact) mass is 552 g/mol. The lowest BCUT2D eigenvalue weighted by atomic mass is 9.98. The number of nitrogens with zero attached hydrogens (tertiary/aromatic N) is 3. The lowest BCUT2D eigenvalue weighted by molar-refractivity contribution is 0.447. The quantitative estimate of drug-likeness (QED) is 0.231. The molecule has 39 heavy (non-hydrogen) atoms. The van der Waals surface area contributed by atoms with Crippen LogP contribution in [0.4, 0.5) is 14.7 Å². The van der Waals surface area contributed by atoms with E-state index in [1.807, 2.05) is 0 Å². The van der Waals surface area contributed by atoms with Gasteiger partial charge in [-0.05, 0) is 43.1 Å². The maximum Gasteiger partial charge on any atom is 0.228 e. The summed E-state index contributed by atoms with van der Waals surface area (Å²) in [6.07, 6.45) is 5.17. The highest BCUT2D eigenvalue weighted by molar-refractivity contribution is 7.70. The zero-order valence-corrected chi connectivity index (χ0v) is 21.6. The molecule has 0 radical (unpaired) electrons. The topological polar surface area (TPSA) is 118 Å². The van der Waals surface area contributed by atoms with Gasteiger partial charge >= 0.3 is 0 Å². The highest BCUT2D eigenvalue weighted by atomic mass is 32.2. The molecule has 202 valence electrons. The number of nitrogens with one attached hydrogen (secondary N) is 3. The lowest BCUT2D eigenvalue weighted by Crippen LogP contribution is -2.38. The summed E-state index contributed by atoms with van der Waals surface area (Å²) in [5.74, 6) is -1.56. The summed E-state index contributed by atoms with van der Waals surface area (Å²) in [5, 5.41) is 6.66. The van der Waals surface area contributed by atoms with Crippen LogP contribution < -0.4 is 20.1 Å². The first-order valence-electron chi connectivity index (χ1n) is 12.4. The summed E-state index contributed by atoms with van der Waals surface area (Å²) < 4.78 is 61.5. The molecule has 3 N–H and O–H groups in total. The minimum Gasteiger partial charge on any atom is -0.438 e. The molecule has 0 amide bonds. The summed E-state index contributed by atoms with van der Waals surface area (Å²) in [4.78, 5) is 13.1. The van der Waals surface area contributed by atoms with Crippen molar-refractivity contribution in [2.75, 3.05) is 18.4 Å². The van der Waals surface area contributed by atoms with Crippen LogP contribution in [-0.2, 0) is 10.9 Å². The third-order valence-electron chi connectivity index (χ3n) is 6.26. The van der Waals surface area contributed by atoms with Crippen molar-refractivity contribution in [2.24, 2.45) is 0 Å². The fourth-order valence-corrected chi connectivity index (χ4v) is 4.96. The van der Waals surface area contributed by atoms with E-state index in [1.165, 1.54) is 6.20 Å². The predicted octanol–water partition coefficient (Wildman–Crippen LogP) is 3.98. The van der Waals surface area contributed by atoms with Gasteiger partial charge in [0.2, 0.25) is 22.7 Å². The number of aromatic nitrogens is 3. The number of piperidine rings is 1. The van der Waals surface area contributed by atoms with Gasteiger partial charge in [-0.2, -0.15) is 0 Å². The fraction of sp³-hybridized carbons (Fsp3) is 0.222. The normalized spacial score (nSPS) is 16.1. The third-order valence-corrected chi connectivity index (χ3v) is 6.72. The van der Waals surface area contributed by atoms with Gasteiger partial charge in [0.15, 0.2) is 0 Å². The Bertz CT molecular complexity index is 1490. The second kappa shape index (κ2) is 12.2. The highest BCUT2D eigenvalue weighted by Gasteiger charge is 2.24. The Balaban J connectivity index is 1.43. The van der Waals surface area contributed by atoms with E-state index in [9.17, 15) is 8.42 Å². The van der Waals surface area contributed by atoms with Gasteiger partial charge in [0, 0.05) is 42.7 Å². The number of halogens is 2. The molecule has 9 nitrogen and oxygen atoms in total. The van der Waals surface area contributed by atoms with Crippen LogP contribution in [0.2, 0.25) is 0 Å². The highest BCUT2D eigenvalue weighted by Crippen LogP contribution is 2.34. The van der Waals surface area contributed by atoms with Crippen LogP contribution >= 0.6 is 0 Å². The molecule has 0 aliphatic carbocycles. The van der Waals surface area contributed by atoms with E-state index in [0.717, 1.165) is 38.1 Å². The number of anilines is 1. The number of hydrogen-bond donors (Lipinski definition) is 4. The molecular weight excluding hydrogens is 526 g/mol. The van der Waals surface area contributed by atoms with Crippen molar-refractivity contribution in [3.8, 4) is 22.9 Å². The average molecular weight is 553 g/mol. The molecule has 1 aliphatic heterocycles. The van der Waals surface area contributed by atoms with E-state index < -0.39 is 34.1 Å². The molecular formula is C27H26F2N6O3S. The SMILES string of the molecule is O=[SH](=O)N[C@@H](c1ccccc1)c1c(F)cc(Oc2ncccc2-c2ccnc(N[C@H]3CCCNC3)n2)cc1F. The van der Waals surface area contributed by atoms with Crippen molar-refractivity contribution in [2.45, 2.75) is 24.9 Å². The van der Waals surface area contributed by atoms with E-state index in [1.54, 1.807) is 54.7 Å². The summed E-state index contributed by atoms with van der Waals surface area (Å²) in [6.45, 7) is 1.80. The smallest absolute Gasteiger partial charge is 0.228 e. The summed E-state index contributed by atoms with van der Waals surface area (Å²) in [5.41, 5.74) is 0.955. The summed E-state index contributed by atoms with van der Waals surface area (Å²) in [6, 6.07) is 14.3. The second-order valence-electron chi connectivity index (χ2n) is 8.94. The maximum atomic E-state index is 15.3. The molecule has 1 saturated heterocycles. The first-order chi connectivity index (χ1) is 19.0. The van der Waals surface area contributed by atoms with Crippen LogP contribution in [0.25, 0.3) is 11.3 Å². The number of ether oxygens (including phenoxy) is 1.